The third kappa shape index (κ3) is 4.72. The molecule has 36 heavy (non-hydrogen) atoms. The molecule has 0 bridgehead atoms. The number of benzene rings is 3. The van der Waals surface area contributed by atoms with Gasteiger partial charge >= 0.3 is 12.2 Å². The molecule has 5 aromatic rings. The molecule has 5 rings (SSSR count). The van der Waals surface area contributed by atoms with Gasteiger partial charge in [-0.2, -0.15) is 13.2 Å². The molecular weight excluding hydrogens is 489 g/mol. The first-order chi connectivity index (χ1) is 17.2. The van der Waals surface area contributed by atoms with Crippen LogP contribution in [0.4, 0.5) is 29.3 Å². The highest BCUT2D eigenvalue weighted by molar-refractivity contribution is 6.30. The van der Waals surface area contributed by atoms with E-state index in [9.17, 15) is 18.0 Å². The Hall–Kier alpha value is -4.04. The molecule has 0 radical (unpaired) electrons. The molecule has 0 aliphatic carbocycles. The van der Waals surface area contributed by atoms with Crippen molar-refractivity contribution in [1.29, 1.82) is 0 Å². The first-order valence-corrected chi connectivity index (χ1v) is 11.4. The predicted molar refractivity (Wildman–Crippen MR) is 137 cm³/mol. The summed E-state index contributed by atoms with van der Waals surface area (Å²) in [7, 11) is 0. The van der Waals surface area contributed by atoms with Gasteiger partial charge in [-0.3, -0.25) is 4.98 Å². The summed E-state index contributed by atoms with van der Waals surface area (Å²) in [6.45, 7) is 2.54. The maximum atomic E-state index is 12.8. The Morgan fingerprint density at radius 3 is 2.39 bits per heavy atom. The van der Waals surface area contributed by atoms with Crippen LogP contribution >= 0.6 is 11.6 Å². The summed E-state index contributed by atoms with van der Waals surface area (Å²) in [5, 5.41) is 7.91. The molecule has 0 unspecified atom stereocenters. The molecule has 9 heteroatoms. The molecule has 0 saturated heterocycles. The molecule has 0 spiro atoms. The van der Waals surface area contributed by atoms with Gasteiger partial charge in [-0.25, -0.2) is 4.79 Å². The number of carbonyl (C=O) groups excluding carboxylic acids is 1. The highest BCUT2D eigenvalue weighted by Gasteiger charge is 2.30. The monoisotopic (exact) mass is 508 g/mol. The molecule has 0 saturated carbocycles. The largest absolute Gasteiger partial charge is 0.416 e. The van der Waals surface area contributed by atoms with E-state index in [0.717, 1.165) is 45.2 Å². The number of nitrogens with zero attached hydrogens (tertiary/aromatic N) is 2. The zero-order valence-corrected chi connectivity index (χ0v) is 19.8. The maximum absolute atomic E-state index is 12.8. The van der Waals surface area contributed by atoms with Crippen LogP contribution in [0.5, 0.6) is 0 Å². The lowest BCUT2D eigenvalue weighted by atomic mass is 10.1. The second-order valence-electron chi connectivity index (χ2n) is 8.39. The van der Waals surface area contributed by atoms with Crippen molar-refractivity contribution < 1.29 is 18.0 Å². The standard InChI is InChI=1S/C27H20ClF3N4O/c1-16-25-22(11-12-32-16)23-14-21(9-10-24(23)35(25)15-17-3-2-4-19(28)13-17)34-26(36)33-20-7-5-18(6-8-20)27(29,30)31/h2-14H,15H2,1H3,(H2,33,34,36). The number of carbonyl (C=O) groups is 1. The number of urea groups is 1. The van der Waals surface area contributed by atoms with Crippen LogP contribution in [0.1, 0.15) is 16.8 Å². The lowest BCUT2D eigenvalue weighted by molar-refractivity contribution is -0.137. The second-order valence-corrected chi connectivity index (χ2v) is 8.83. The van der Waals surface area contributed by atoms with E-state index >= 15 is 0 Å². The molecule has 2 amide bonds. The number of aromatic nitrogens is 2. The van der Waals surface area contributed by atoms with E-state index in [0.29, 0.717) is 17.3 Å². The summed E-state index contributed by atoms with van der Waals surface area (Å²) in [4.78, 5) is 17.0. The molecular formula is C27H20ClF3N4O. The fourth-order valence-electron chi connectivity index (χ4n) is 4.32. The smallest absolute Gasteiger partial charge is 0.334 e. The minimum Gasteiger partial charge on any atom is -0.334 e. The van der Waals surface area contributed by atoms with Crippen molar-refractivity contribution >= 4 is 50.8 Å². The number of halogens is 4. The molecule has 2 aromatic heterocycles. The summed E-state index contributed by atoms with van der Waals surface area (Å²) in [5.41, 5.74) is 3.89. The van der Waals surface area contributed by atoms with Crippen molar-refractivity contribution in [2.75, 3.05) is 10.6 Å². The van der Waals surface area contributed by atoms with Crippen LogP contribution in [0.15, 0.2) is 79.0 Å². The van der Waals surface area contributed by atoms with Gasteiger partial charge < -0.3 is 15.2 Å². The zero-order chi connectivity index (χ0) is 25.4. The SMILES string of the molecule is Cc1nccc2c3cc(NC(=O)Nc4ccc(C(F)(F)F)cc4)ccc3n(Cc3cccc(Cl)c3)c12. The van der Waals surface area contributed by atoms with Crippen LogP contribution in [0.3, 0.4) is 0 Å². The number of hydrogen-bond donors (Lipinski definition) is 2. The summed E-state index contributed by atoms with van der Waals surface area (Å²) >= 11 is 6.19. The number of hydrogen-bond acceptors (Lipinski definition) is 2. The van der Waals surface area contributed by atoms with Crippen LogP contribution in [0.2, 0.25) is 5.02 Å². The highest BCUT2D eigenvalue weighted by Crippen LogP contribution is 2.33. The van der Waals surface area contributed by atoms with Crippen molar-refractivity contribution in [3.05, 3.63) is 101 Å². The predicted octanol–water partition coefficient (Wildman–Crippen LogP) is 7.86. The van der Waals surface area contributed by atoms with Gasteiger partial charge in [-0.15, -0.1) is 0 Å². The number of nitrogens with one attached hydrogen (secondary N) is 2. The molecule has 2 heterocycles. The maximum Gasteiger partial charge on any atom is 0.416 e. The summed E-state index contributed by atoms with van der Waals surface area (Å²) in [5.74, 6) is 0. The van der Waals surface area contributed by atoms with Gasteiger partial charge in [0, 0.05) is 45.4 Å². The Morgan fingerprint density at radius 1 is 0.944 bits per heavy atom. The number of pyridine rings is 1. The van der Waals surface area contributed by atoms with E-state index in [1.54, 1.807) is 12.3 Å². The van der Waals surface area contributed by atoms with E-state index in [-0.39, 0.29) is 5.69 Å². The van der Waals surface area contributed by atoms with Gasteiger partial charge in [0.1, 0.15) is 0 Å². The number of anilines is 2. The second kappa shape index (κ2) is 9.20. The number of alkyl halides is 3. The van der Waals surface area contributed by atoms with Crippen LogP contribution in [0.25, 0.3) is 21.8 Å². The van der Waals surface area contributed by atoms with Gasteiger partial charge in [0.2, 0.25) is 0 Å². The van der Waals surface area contributed by atoms with Crippen molar-refractivity contribution in [3.63, 3.8) is 0 Å². The lowest BCUT2D eigenvalue weighted by Crippen LogP contribution is -2.19. The molecule has 5 nitrogen and oxygen atoms in total. The quantitative estimate of drug-likeness (QED) is 0.259. The van der Waals surface area contributed by atoms with Crippen molar-refractivity contribution in [3.8, 4) is 0 Å². The lowest BCUT2D eigenvalue weighted by Gasteiger charge is -2.11. The molecule has 3 aromatic carbocycles. The Morgan fingerprint density at radius 2 is 1.67 bits per heavy atom. The van der Waals surface area contributed by atoms with E-state index in [1.165, 1.54) is 12.1 Å². The third-order valence-electron chi connectivity index (χ3n) is 5.91. The Balaban J connectivity index is 1.44. The minimum absolute atomic E-state index is 0.251. The zero-order valence-electron chi connectivity index (χ0n) is 19.0. The Kier molecular flexibility index (Phi) is 6.05. The molecule has 0 fully saturated rings. The van der Waals surface area contributed by atoms with Crippen molar-refractivity contribution in [1.82, 2.24) is 9.55 Å². The van der Waals surface area contributed by atoms with Crippen LogP contribution in [0, 0.1) is 6.92 Å². The highest BCUT2D eigenvalue weighted by atomic mass is 35.5. The van der Waals surface area contributed by atoms with Gasteiger partial charge in [-0.05, 0) is 73.2 Å². The van der Waals surface area contributed by atoms with Crippen LogP contribution in [-0.2, 0) is 12.7 Å². The van der Waals surface area contributed by atoms with Gasteiger partial charge in [-0.1, -0.05) is 23.7 Å². The van der Waals surface area contributed by atoms with Crippen molar-refractivity contribution in [2.24, 2.45) is 0 Å². The molecule has 0 aliphatic heterocycles. The van der Waals surface area contributed by atoms with Crippen LogP contribution < -0.4 is 10.6 Å². The van der Waals surface area contributed by atoms with E-state index in [4.69, 9.17) is 11.6 Å². The van der Waals surface area contributed by atoms with Gasteiger partial charge in [0.05, 0.1) is 16.8 Å². The number of aryl methyl sites for hydroxylation is 1. The Labute approximate surface area is 209 Å². The normalized spacial score (nSPS) is 11.7. The average molecular weight is 509 g/mol. The Bertz CT molecular complexity index is 1590. The molecule has 2 N–H and O–H groups in total. The van der Waals surface area contributed by atoms with Crippen LogP contribution in [-0.4, -0.2) is 15.6 Å². The molecule has 182 valence electrons. The number of amides is 2. The van der Waals surface area contributed by atoms with E-state index in [1.807, 2.05) is 49.4 Å². The number of rotatable bonds is 4. The third-order valence-corrected chi connectivity index (χ3v) is 6.15. The molecule has 0 atom stereocenters. The van der Waals surface area contributed by atoms with Gasteiger partial charge in [0.15, 0.2) is 0 Å². The van der Waals surface area contributed by atoms with E-state index in [2.05, 4.69) is 20.2 Å². The molecule has 0 aliphatic rings. The first kappa shape index (κ1) is 23.7. The van der Waals surface area contributed by atoms with E-state index < -0.39 is 17.8 Å². The minimum atomic E-state index is -4.43. The summed E-state index contributed by atoms with van der Waals surface area (Å²) in [6.07, 6.45) is -2.69. The van der Waals surface area contributed by atoms with Crippen molar-refractivity contribution in [2.45, 2.75) is 19.6 Å². The van der Waals surface area contributed by atoms with Gasteiger partial charge in [0.25, 0.3) is 0 Å². The average Bonchev–Trinajstić information content (AvgIpc) is 3.13. The fraction of sp³-hybridized carbons (Fsp3) is 0.111. The fourth-order valence-corrected chi connectivity index (χ4v) is 4.53. The summed E-state index contributed by atoms with van der Waals surface area (Å²) < 4.78 is 40.5. The topological polar surface area (TPSA) is 59.0 Å². The summed E-state index contributed by atoms with van der Waals surface area (Å²) in [6, 6.07) is 18.9. The first-order valence-electron chi connectivity index (χ1n) is 11.1. The number of fused-ring (bicyclic) bond motifs is 3.